The van der Waals surface area contributed by atoms with Gasteiger partial charge >= 0.3 is 0 Å². The first-order valence-electron chi connectivity index (χ1n) is 7.31. The number of benzene rings is 1. The Labute approximate surface area is 134 Å². The Morgan fingerprint density at radius 1 is 1.27 bits per heavy atom. The fraction of sp³-hybridized carbons (Fsp3) is 0.375. The molecule has 3 rings (SSSR count). The van der Waals surface area contributed by atoms with E-state index in [1.807, 2.05) is 34.5 Å². The lowest BCUT2D eigenvalue weighted by Gasteiger charge is -2.32. The number of para-hydroxylation sites is 1. The van der Waals surface area contributed by atoms with Crippen LogP contribution >= 0.6 is 11.3 Å². The average molecular weight is 317 g/mol. The van der Waals surface area contributed by atoms with Gasteiger partial charge in [0.05, 0.1) is 16.8 Å². The molecule has 2 aromatic rings. The van der Waals surface area contributed by atoms with Crippen LogP contribution in [0.2, 0.25) is 0 Å². The SMILES string of the molecule is CN1CCN(C(=O)c2ccccc2OCc2cscn2)CC1. The van der Waals surface area contributed by atoms with Gasteiger partial charge in [0.2, 0.25) is 0 Å². The molecule has 1 amide bonds. The third-order valence-electron chi connectivity index (χ3n) is 3.77. The van der Waals surface area contributed by atoms with Gasteiger partial charge in [0.1, 0.15) is 12.4 Å². The van der Waals surface area contributed by atoms with Gasteiger partial charge in [-0.15, -0.1) is 11.3 Å². The van der Waals surface area contributed by atoms with Crippen molar-refractivity contribution in [2.45, 2.75) is 6.61 Å². The van der Waals surface area contributed by atoms with Crippen molar-refractivity contribution in [3.63, 3.8) is 0 Å². The minimum Gasteiger partial charge on any atom is -0.486 e. The average Bonchev–Trinajstić information content (AvgIpc) is 3.07. The Kier molecular flexibility index (Phi) is 4.70. The summed E-state index contributed by atoms with van der Waals surface area (Å²) in [5.74, 6) is 0.668. The van der Waals surface area contributed by atoms with Crippen LogP contribution in [0.25, 0.3) is 0 Å². The van der Waals surface area contributed by atoms with Crippen LogP contribution in [0.5, 0.6) is 5.75 Å². The van der Waals surface area contributed by atoms with E-state index in [-0.39, 0.29) is 5.91 Å². The van der Waals surface area contributed by atoms with Gasteiger partial charge in [0.15, 0.2) is 0 Å². The van der Waals surface area contributed by atoms with Gasteiger partial charge in [0, 0.05) is 31.6 Å². The van der Waals surface area contributed by atoms with Gasteiger partial charge in [-0.2, -0.15) is 0 Å². The quantitative estimate of drug-likeness (QED) is 0.866. The first kappa shape index (κ1) is 15.0. The highest BCUT2D eigenvalue weighted by Crippen LogP contribution is 2.21. The summed E-state index contributed by atoms with van der Waals surface area (Å²) in [5.41, 5.74) is 3.29. The summed E-state index contributed by atoms with van der Waals surface area (Å²) in [6, 6.07) is 7.43. The van der Waals surface area contributed by atoms with Gasteiger partial charge in [-0.1, -0.05) is 12.1 Å². The van der Waals surface area contributed by atoms with Gasteiger partial charge < -0.3 is 14.5 Å². The molecule has 0 unspecified atom stereocenters. The normalized spacial score (nSPS) is 15.8. The van der Waals surface area contributed by atoms with E-state index in [1.54, 1.807) is 5.51 Å². The van der Waals surface area contributed by atoms with Crippen LogP contribution in [0, 0.1) is 0 Å². The number of aromatic nitrogens is 1. The number of ether oxygens (including phenoxy) is 1. The topological polar surface area (TPSA) is 45.7 Å². The third-order valence-corrected chi connectivity index (χ3v) is 4.40. The summed E-state index contributed by atoms with van der Waals surface area (Å²) in [7, 11) is 2.08. The third kappa shape index (κ3) is 3.45. The lowest BCUT2D eigenvalue weighted by atomic mass is 10.1. The molecule has 1 saturated heterocycles. The lowest BCUT2D eigenvalue weighted by Crippen LogP contribution is -2.47. The highest BCUT2D eigenvalue weighted by atomic mass is 32.1. The van der Waals surface area contributed by atoms with Crippen LogP contribution in [0.4, 0.5) is 0 Å². The molecule has 1 aromatic carbocycles. The molecule has 22 heavy (non-hydrogen) atoms. The zero-order valence-corrected chi connectivity index (χ0v) is 13.4. The van der Waals surface area contributed by atoms with Gasteiger partial charge in [-0.3, -0.25) is 4.79 Å². The molecular formula is C16H19N3O2S. The minimum absolute atomic E-state index is 0.0435. The molecule has 2 heterocycles. The fourth-order valence-electron chi connectivity index (χ4n) is 2.41. The van der Waals surface area contributed by atoms with Crippen molar-refractivity contribution in [2.75, 3.05) is 33.2 Å². The maximum atomic E-state index is 12.7. The number of rotatable bonds is 4. The Morgan fingerprint density at radius 2 is 2.05 bits per heavy atom. The number of carbonyl (C=O) groups is 1. The Balaban J connectivity index is 1.71. The molecule has 0 N–H and O–H groups in total. The van der Waals surface area contributed by atoms with E-state index in [1.165, 1.54) is 11.3 Å². The van der Waals surface area contributed by atoms with Crippen LogP contribution in [0.3, 0.4) is 0 Å². The van der Waals surface area contributed by atoms with E-state index in [0.29, 0.717) is 17.9 Å². The number of thiazole rings is 1. The van der Waals surface area contributed by atoms with Crippen LogP contribution < -0.4 is 4.74 Å². The van der Waals surface area contributed by atoms with Crippen LogP contribution in [-0.2, 0) is 6.61 Å². The van der Waals surface area contributed by atoms with E-state index < -0.39 is 0 Å². The van der Waals surface area contributed by atoms with Crippen molar-refractivity contribution in [3.8, 4) is 5.75 Å². The zero-order valence-electron chi connectivity index (χ0n) is 12.6. The van der Waals surface area contributed by atoms with Crippen molar-refractivity contribution in [2.24, 2.45) is 0 Å². The molecule has 0 aliphatic carbocycles. The predicted molar refractivity (Wildman–Crippen MR) is 86.3 cm³/mol. The molecule has 1 aromatic heterocycles. The van der Waals surface area contributed by atoms with Crippen LogP contribution in [-0.4, -0.2) is 53.9 Å². The highest BCUT2D eigenvalue weighted by Gasteiger charge is 2.22. The maximum Gasteiger partial charge on any atom is 0.257 e. The van der Waals surface area contributed by atoms with E-state index in [0.717, 1.165) is 31.9 Å². The number of nitrogens with zero attached hydrogens (tertiary/aromatic N) is 3. The highest BCUT2D eigenvalue weighted by molar-refractivity contribution is 7.07. The Morgan fingerprint density at radius 3 is 2.77 bits per heavy atom. The van der Waals surface area contributed by atoms with E-state index in [9.17, 15) is 4.79 Å². The Bertz CT molecular complexity index is 622. The molecule has 1 fully saturated rings. The van der Waals surface area contributed by atoms with Gasteiger partial charge in [0.25, 0.3) is 5.91 Å². The maximum absolute atomic E-state index is 12.7. The first-order valence-corrected chi connectivity index (χ1v) is 8.25. The monoisotopic (exact) mass is 317 g/mol. The largest absolute Gasteiger partial charge is 0.486 e. The number of hydrogen-bond donors (Lipinski definition) is 0. The smallest absolute Gasteiger partial charge is 0.257 e. The minimum atomic E-state index is 0.0435. The lowest BCUT2D eigenvalue weighted by molar-refractivity contribution is 0.0659. The molecule has 1 aliphatic rings. The number of likely N-dealkylation sites (N-methyl/N-ethyl adjacent to an activating group) is 1. The number of amides is 1. The molecule has 116 valence electrons. The second kappa shape index (κ2) is 6.89. The molecule has 0 spiro atoms. The van der Waals surface area contributed by atoms with Gasteiger partial charge in [-0.05, 0) is 19.2 Å². The molecule has 6 heteroatoms. The first-order chi connectivity index (χ1) is 10.7. The summed E-state index contributed by atoms with van der Waals surface area (Å²) >= 11 is 1.54. The molecular weight excluding hydrogens is 298 g/mol. The van der Waals surface area contributed by atoms with Crippen molar-refractivity contribution < 1.29 is 9.53 Å². The summed E-state index contributed by atoms with van der Waals surface area (Å²) in [4.78, 5) is 21.0. The number of hydrogen-bond acceptors (Lipinski definition) is 5. The fourth-order valence-corrected chi connectivity index (χ4v) is 2.95. The van der Waals surface area contributed by atoms with Crippen LogP contribution in [0.15, 0.2) is 35.2 Å². The van der Waals surface area contributed by atoms with E-state index in [4.69, 9.17) is 4.74 Å². The van der Waals surface area contributed by atoms with E-state index >= 15 is 0 Å². The summed E-state index contributed by atoms with van der Waals surface area (Å²) in [5, 5.41) is 1.95. The summed E-state index contributed by atoms with van der Waals surface area (Å²) in [6.45, 7) is 3.73. The van der Waals surface area contributed by atoms with Crippen molar-refractivity contribution in [1.82, 2.24) is 14.8 Å². The van der Waals surface area contributed by atoms with Crippen molar-refractivity contribution in [3.05, 3.63) is 46.4 Å². The summed E-state index contributed by atoms with van der Waals surface area (Å²) in [6.07, 6.45) is 0. The molecule has 5 nitrogen and oxygen atoms in total. The molecule has 1 aliphatic heterocycles. The predicted octanol–water partition coefficient (Wildman–Crippen LogP) is 2.11. The number of piperazine rings is 1. The molecule has 0 atom stereocenters. The van der Waals surface area contributed by atoms with Gasteiger partial charge in [-0.25, -0.2) is 4.98 Å². The molecule has 0 saturated carbocycles. The Hall–Kier alpha value is -1.92. The molecule has 0 bridgehead atoms. The van der Waals surface area contributed by atoms with E-state index in [2.05, 4.69) is 16.9 Å². The standard InChI is InChI=1S/C16H19N3O2S/c1-18-6-8-19(9-7-18)16(20)14-4-2-3-5-15(14)21-10-13-11-22-12-17-13/h2-5,11-12H,6-10H2,1H3. The van der Waals surface area contributed by atoms with Crippen LogP contribution in [0.1, 0.15) is 16.1 Å². The molecule has 0 radical (unpaired) electrons. The second-order valence-electron chi connectivity index (χ2n) is 5.36. The van der Waals surface area contributed by atoms with Crippen molar-refractivity contribution >= 4 is 17.2 Å². The van der Waals surface area contributed by atoms with Crippen molar-refractivity contribution in [1.29, 1.82) is 0 Å². The summed E-state index contributed by atoms with van der Waals surface area (Å²) < 4.78 is 5.80. The number of carbonyl (C=O) groups excluding carboxylic acids is 1. The zero-order chi connectivity index (χ0) is 15.4. The second-order valence-corrected chi connectivity index (χ2v) is 6.08.